The third-order valence-electron chi connectivity index (χ3n) is 5.91. The Hall–Kier alpha value is -3.01. The highest BCUT2D eigenvalue weighted by Gasteiger charge is 2.74. The van der Waals surface area contributed by atoms with Gasteiger partial charge in [-0.3, -0.25) is 9.59 Å². The van der Waals surface area contributed by atoms with Crippen LogP contribution in [0.2, 0.25) is 0 Å². The van der Waals surface area contributed by atoms with Gasteiger partial charge in [-0.05, 0) is 85.8 Å². The lowest BCUT2D eigenvalue weighted by atomic mass is 9.34. The second-order valence-corrected chi connectivity index (χ2v) is 10.6. The van der Waals surface area contributed by atoms with E-state index in [0.717, 1.165) is 5.56 Å². The van der Waals surface area contributed by atoms with Gasteiger partial charge in [-0.2, -0.15) is 0 Å². The largest absolute Gasteiger partial charge is 0.444 e. The lowest BCUT2D eigenvalue weighted by molar-refractivity contribution is -0.201. The molecule has 3 fully saturated rings. The number of rotatable bonds is 6. The molecule has 3 amide bonds. The highest BCUT2D eigenvalue weighted by atomic mass is 79.9. The number of carbonyl (C=O) groups excluding carboxylic acids is 3. The summed E-state index contributed by atoms with van der Waals surface area (Å²) in [5, 5.41) is 16.2. The van der Waals surface area contributed by atoms with E-state index in [0.29, 0.717) is 41.9 Å². The number of nitrogens with zero attached hydrogens (tertiary/aromatic N) is 2. The first-order valence-corrected chi connectivity index (χ1v) is 11.5. The molecule has 174 valence electrons. The van der Waals surface area contributed by atoms with Crippen molar-refractivity contribution in [3.05, 3.63) is 46.6 Å². The quantitative estimate of drug-likeness (QED) is 0.534. The molecule has 10 heteroatoms. The minimum atomic E-state index is -0.550. The van der Waals surface area contributed by atoms with E-state index >= 15 is 0 Å². The van der Waals surface area contributed by atoms with Gasteiger partial charge in [0.2, 0.25) is 11.8 Å². The molecular weight excluding hydrogens is 490 g/mol. The maximum atomic E-state index is 12.8. The summed E-state index contributed by atoms with van der Waals surface area (Å²) in [6, 6.07) is 10.6. The van der Waals surface area contributed by atoms with E-state index in [1.54, 1.807) is 45.0 Å². The van der Waals surface area contributed by atoms with Gasteiger partial charge in [0.25, 0.3) is 0 Å². The van der Waals surface area contributed by atoms with Gasteiger partial charge in [0.05, 0.1) is 10.8 Å². The van der Waals surface area contributed by atoms with Gasteiger partial charge < -0.3 is 20.7 Å². The highest BCUT2D eigenvalue weighted by molar-refractivity contribution is 9.10. The molecule has 1 heterocycles. The van der Waals surface area contributed by atoms with Gasteiger partial charge in [0.1, 0.15) is 10.2 Å². The average Bonchev–Trinajstić information content (AvgIpc) is 2.66. The first-order valence-electron chi connectivity index (χ1n) is 10.7. The molecule has 3 N–H and O–H groups in total. The summed E-state index contributed by atoms with van der Waals surface area (Å²) in [6.45, 7) is 5.75. The van der Waals surface area contributed by atoms with Crippen LogP contribution in [0.3, 0.4) is 0 Å². The third-order valence-corrected chi connectivity index (χ3v) is 6.34. The molecule has 0 aliphatic heterocycles. The van der Waals surface area contributed by atoms with Crippen LogP contribution in [0.25, 0.3) is 0 Å². The molecule has 0 spiro atoms. The van der Waals surface area contributed by atoms with Gasteiger partial charge >= 0.3 is 6.09 Å². The standard InChI is InChI=1S/C23H26BrN5O4/c1-21(2,3)33-20(32)25-10-14-4-6-15(7-5-14)26-18(30)22-11-23(12-22,13-22)19(31)27-17-9-8-16(24)28-29-17/h4-9H,10-13H2,1-3H3,(H,25,32)(H,26,30)(H,27,29,31). The molecule has 2 aromatic rings. The summed E-state index contributed by atoms with van der Waals surface area (Å²) in [7, 11) is 0. The molecule has 0 unspecified atom stereocenters. The number of ether oxygens (including phenoxy) is 1. The summed E-state index contributed by atoms with van der Waals surface area (Å²) in [5.41, 5.74) is 0.0278. The lowest BCUT2D eigenvalue weighted by Crippen LogP contribution is -2.70. The summed E-state index contributed by atoms with van der Waals surface area (Å²) in [6.07, 6.45) is 1.10. The van der Waals surface area contributed by atoms with E-state index in [4.69, 9.17) is 4.74 Å². The van der Waals surface area contributed by atoms with Crippen molar-refractivity contribution in [3.8, 4) is 0 Å². The van der Waals surface area contributed by atoms with Crippen LogP contribution in [0, 0.1) is 10.8 Å². The molecule has 1 aromatic carbocycles. The first-order chi connectivity index (χ1) is 15.5. The number of anilines is 2. The zero-order valence-corrected chi connectivity index (χ0v) is 20.3. The molecule has 5 rings (SSSR count). The fourth-order valence-corrected chi connectivity index (χ4v) is 4.57. The smallest absolute Gasteiger partial charge is 0.407 e. The summed E-state index contributed by atoms with van der Waals surface area (Å²) >= 11 is 3.21. The van der Waals surface area contributed by atoms with Gasteiger partial charge in [0.15, 0.2) is 5.82 Å². The van der Waals surface area contributed by atoms with Crippen LogP contribution >= 0.6 is 15.9 Å². The van der Waals surface area contributed by atoms with Crippen molar-refractivity contribution in [2.45, 2.75) is 52.2 Å². The minimum absolute atomic E-state index is 0.0692. The Balaban J connectivity index is 1.24. The molecule has 0 saturated heterocycles. The molecule has 1 aromatic heterocycles. The first kappa shape index (κ1) is 23.2. The molecule has 0 atom stereocenters. The molecular formula is C23H26BrN5O4. The Morgan fingerprint density at radius 1 is 0.939 bits per heavy atom. The van der Waals surface area contributed by atoms with Crippen molar-refractivity contribution in [1.82, 2.24) is 15.5 Å². The van der Waals surface area contributed by atoms with E-state index in [9.17, 15) is 14.4 Å². The summed E-state index contributed by atoms with van der Waals surface area (Å²) < 4.78 is 5.81. The molecule has 0 radical (unpaired) electrons. The lowest BCUT2D eigenvalue weighted by Gasteiger charge is -2.67. The number of alkyl carbamates (subject to hydrolysis) is 1. The maximum Gasteiger partial charge on any atom is 0.407 e. The zero-order chi connectivity index (χ0) is 23.9. The predicted octanol–water partition coefficient (Wildman–Crippen LogP) is 4.01. The number of carbonyl (C=O) groups is 3. The predicted molar refractivity (Wildman–Crippen MR) is 125 cm³/mol. The van der Waals surface area contributed by atoms with Crippen molar-refractivity contribution in [2.75, 3.05) is 10.6 Å². The van der Waals surface area contributed by atoms with Crippen LogP contribution in [0.5, 0.6) is 0 Å². The monoisotopic (exact) mass is 515 g/mol. The number of nitrogens with one attached hydrogen (secondary N) is 3. The van der Waals surface area contributed by atoms with E-state index < -0.39 is 22.5 Å². The van der Waals surface area contributed by atoms with Gasteiger partial charge in [-0.1, -0.05) is 12.1 Å². The van der Waals surface area contributed by atoms with Gasteiger partial charge in [-0.15, -0.1) is 10.2 Å². The van der Waals surface area contributed by atoms with Crippen LogP contribution in [-0.4, -0.2) is 33.7 Å². The minimum Gasteiger partial charge on any atom is -0.444 e. The average molecular weight is 516 g/mol. The van der Waals surface area contributed by atoms with Crippen LogP contribution in [0.15, 0.2) is 41.0 Å². The van der Waals surface area contributed by atoms with Crippen molar-refractivity contribution < 1.29 is 19.1 Å². The van der Waals surface area contributed by atoms with Crippen molar-refractivity contribution >= 4 is 45.3 Å². The Kier molecular flexibility index (Phi) is 5.90. The molecule has 3 saturated carbocycles. The number of benzene rings is 1. The Labute approximate surface area is 200 Å². The molecule has 9 nitrogen and oxygen atoms in total. The van der Waals surface area contributed by atoms with Crippen molar-refractivity contribution in [1.29, 1.82) is 0 Å². The van der Waals surface area contributed by atoms with Gasteiger partial charge in [0, 0.05) is 12.2 Å². The highest BCUT2D eigenvalue weighted by Crippen LogP contribution is 2.73. The Morgan fingerprint density at radius 2 is 1.55 bits per heavy atom. The molecule has 3 aliphatic rings. The fourth-order valence-electron chi connectivity index (χ4n) is 4.36. The molecule has 3 aliphatic carbocycles. The van der Waals surface area contributed by atoms with E-state index in [-0.39, 0.29) is 11.8 Å². The Bertz CT molecular complexity index is 1060. The topological polar surface area (TPSA) is 122 Å². The van der Waals surface area contributed by atoms with E-state index in [1.807, 2.05) is 12.1 Å². The van der Waals surface area contributed by atoms with Crippen LogP contribution in [-0.2, 0) is 20.9 Å². The Morgan fingerprint density at radius 3 is 2.09 bits per heavy atom. The van der Waals surface area contributed by atoms with Crippen LogP contribution < -0.4 is 16.0 Å². The van der Waals surface area contributed by atoms with Crippen molar-refractivity contribution in [2.24, 2.45) is 10.8 Å². The number of aromatic nitrogens is 2. The van der Waals surface area contributed by atoms with E-state index in [2.05, 4.69) is 42.1 Å². The SMILES string of the molecule is CC(C)(C)OC(=O)NCc1ccc(NC(=O)C23CC(C(=O)Nc4ccc(Br)nn4)(C2)C3)cc1. The zero-order valence-electron chi connectivity index (χ0n) is 18.7. The van der Waals surface area contributed by atoms with Crippen LogP contribution in [0.1, 0.15) is 45.6 Å². The molecule has 2 bridgehead atoms. The summed E-state index contributed by atoms with van der Waals surface area (Å²) in [5.74, 6) is 0.212. The second-order valence-electron chi connectivity index (χ2n) is 9.79. The van der Waals surface area contributed by atoms with Crippen molar-refractivity contribution in [3.63, 3.8) is 0 Å². The second kappa shape index (κ2) is 8.40. The van der Waals surface area contributed by atoms with Gasteiger partial charge in [-0.25, -0.2) is 4.79 Å². The molecule has 33 heavy (non-hydrogen) atoms. The van der Waals surface area contributed by atoms with E-state index in [1.165, 1.54) is 0 Å². The maximum absolute atomic E-state index is 12.8. The number of hydrogen-bond donors (Lipinski definition) is 3. The fraction of sp³-hybridized carbons (Fsp3) is 0.435. The summed E-state index contributed by atoms with van der Waals surface area (Å²) in [4.78, 5) is 37.2. The number of amides is 3. The van der Waals surface area contributed by atoms with Crippen LogP contribution in [0.4, 0.5) is 16.3 Å². The number of halogens is 1. The normalized spacial score (nSPS) is 22.9. The number of hydrogen-bond acceptors (Lipinski definition) is 6. The third kappa shape index (κ3) is 5.00.